The minimum absolute atomic E-state index is 0.0501. The number of H-pyrrole nitrogens is 1. The topological polar surface area (TPSA) is 235 Å². The molecule has 172 valence electrons. The number of aromatic nitrogens is 2. The van der Waals surface area contributed by atoms with Gasteiger partial charge >= 0.3 is 6.03 Å². The number of amides is 4. The van der Waals surface area contributed by atoms with Gasteiger partial charge in [0.2, 0.25) is 17.8 Å². The Balaban J connectivity index is 2.84. The minimum atomic E-state index is -0.902. The molecule has 1 aromatic rings. The summed E-state index contributed by atoms with van der Waals surface area (Å²) in [5.74, 6) is -0.967. The predicted octanol–water partition coefficient (Wildman–Crippen LogP) is -2.08. The summed E-state index contributed by atoms with van der Waals surface area (Å²) in [5.41, 5.74) is 14.8. The lowest BCUT2D eigenvalue weighted by Crippen LogP contribution is -2.41. The molecule has 0 unspecified atom stereocenters. The third-order valence-corrected chi connectivity index (χ3v) is 4.11. The Kier molecular flexibility index (Phi) is 10.5. The van der Waals surface area contributed by atoms with Gasteiger partial charge in [-0.2, -0.15) is 0 Å². The van der Waals surface area contributed by atoms with Gasteiger partial charge in [-0.1, -0.05) is 0 Å². The van der Waals surface area contributed by atoms with Gasteiger partial charge < -0.3 is 32.5 Å². The van der Waals surface area contributed by atoms with Crippen molar-refractivity contribution in [2.45, 2.75) is 38.1 Å². The summed E-state index contributed by atoms with van der Waals surface area (Å²) in [7, 11) is 1.39. The molecule has 4 amide bonds. The molecule has 31 heavy (non-hydrogen) atoms. The Hall–Kier alpha value is -3.68. The van der Waals surface area contributed by atoms with Gasteiger partial charge in [0.1, 0.15) is 5.69 Å². The molecule has 10 N–H and O–H groups in total. The molecule has 0 spiro atoms. The molecular formula is C17H29N9O5. The number of anilines is 2. The van der Waals surface area contributed by atoms with E-state index in [9.17, 15) is 19.2 Å². The quantitative estimate of drug-likeness (QED) is 0.108. The van der Waals surface area contributed by atoms with Gasteiger partial charge in [-0.15, -0.1) is 0 Å². The van der Waals surface area contributed by atoms with Crippen molar-refractivity contribution in [3.8, 4) is 0 Å². The predicted molar refractivity (Wildman–Crippen MR) is 114 cm³/mol. The van der Waals surface area contributed by atoms with Crippen LogP contribution < -0.4 is 38.3 Å². The minimum Gasteiger partial charge on any atom is -0.396 e. The zero-order valence-corrected chi connectivity index (χ0v) is 17.3. The maximum atomic E-state index is 12.7. The number of aliphatic hydroxyl groups is 1. The number of nitrogens with zero attached hydrogens (tertiary/aromatic N) is 3. The fourth-order valence-corrected chi connectivity index (χ4v) is 2.60. The van der Waals surface area contributed by atoms with E-state index in [4.69, 9.17) is 22.3 Å². The van der Waals surface area contributed by atoms with Crippen molar-refractivity contribution in [2.75, 3.05) is 30.4 Å². The fraction of sp³-hybridized carbons (Fsp3) is 0.529. The molecule has 1 aromatic heterocycles. The van der Waals surface area contributed by atoms with Crippen LogP contribution in [-0.4, -0.2) is 65.1 Å². The molecule has 14 nitrogen and oxygen atoms in total. The first-order valence-corrected chi connectivity index (χ1v) is 9.52. The first kappa shape index (κ1) is 25.4. The number of rotatable bonds is 12. The summed E-state index contributed by atoms with van der Waals surface area (Å²) in [6.07, 6.45) is 2.36. The second kappa shape index (κ2) is 12.8. The lowest BCUT2D eigenvalue weighted by molar-refractivity contribution is -0.123. The summed E-state index contributed by atoms with van der Waals surface area (Å²) < 4.78 is 0. The zero-order chi connectivity index (χ0) is 23.4. The van der Waals surface area contributed by atoms with Crippen molar-refractivity contribution >= 4 is 35.4 Å². The summed E-state index contributed by atoms with van der Waals surface area (Å²) in [6, 6.07) is -1.43. The van der Waals surface area contributed by atoms with Crippen molar-refractivity contribution in [1.82, 2.24) is 15.3 Å². The molecule has 0 aromatic carbocycles. The molecule has 1 rings (SSSR count). The highest BCUT2D eigenvalue weighted by atomic mass is 16.3. The summed E-state index contributed by atoms with van der Waals surface area (Å²) >= 11 is 0. The number of aliphatic imine (C=N–C) groups is 1. The van der Waals surface area contributed by atoms with Gasteiger partial charge in [0.15, 0.2) is 5.96 Å². The molecule has 0 aliphatic carbocycles. The number of guanidine groups is 1. The first-order valence-electron chi connectivity index (χ1n) is 9.52. The van der Waals surface area contributed by atoms with Crippen LogP contribution in [-0.2, 0) is 9.59 Å². The number of carbonyl (C=O) groups is 3. The van der Waals surface area contributed by atoms with Crippen LogP contribution >= 0.6 is 0 Å². The highest BCUT2D eigenvalue weighted by molar-refractivity contribution is 5.93. The van der Waals surface area contributed by atoms with Gasteiger partial charge in [0.25, 0.3) is 5.56 Å². The lowest BCUT2D eigenvalue weighted by Gasteiger charge is -2.22. The van der Waals surface area contributed by atoms with E-state index in [1.54, 1.807) is 0 Å². The molecule has 0 saturated carbocycles. The number of urea groups is 1. The smallest absolute Gasteiger partial charge is 0.318 e. The van der Waals surface area contributed by atoms with Crippen LogP contribution in [0.25, 0.3) is 0 Å². The highest BCUT2D eigenvalue weighted by Crippen LogP contribution is 2.11. The third kappa shape index (κ3) is 9.58. The van der Waals surface area contributed by atoms with Crippen LogP contribution in [0.1, 0.15) is 32.1 Å². The average Bonchev–Trinajstić information content (AvgIpc) is 2.68. The van der Waals surface area contributed by atoms with Crippen LogP contribution in [0.15, 0.2) is 16.0 Å². The molecule has 1 heterocycles. The van der Waals surface area contributed by atoms with E-state index in [1.807, 2.05) is 0 Å². The monoisotopic (exact) mass is 439 g/mol. The maximum absolute atomic E-state index is 12.7. The van der Waals surface area contributed by atoms with Gasteiger partial charge in [0, 0.05) is 39.1 Å². The standard InChI is InChI=1S/C17H29N9O5/c1-26(11-9-22-17(24-14(11)30)25-16(20)31)13(29)8-10(4-2-6-21-15(18)19)23-12(28)5-3-7-27/h9-10,27H,2-8H2,1H3,(H,23,28)(H4,18,19,21)(H4,20,22,24,25,30,31)/t10-/m0/s1. The fourth-order valence-electron chi connectivity index (χ4n) is 2.60. The van der Waals surface area contributed by atoms with Crippen LogP contribution in [0.5, 0.6) is 0 Å². The van der Waals surface area contributed by atoms with E-state index in [0.29, 0.717) is 25.8 Å². The Morgan fingerprint density at radius 1 is 1.29 bits per heavy atom. The van der Waals surface area contributed by atoms with E-state index in [2.05, 4.69) is 25.6 Å². The average molecular weight is 439 g/mol. The molecule has 14 heteroatoms. The number of aromatic amines is 1. The van der Waals surface area contributed by atoms with Crippen molar-refractivity contribution in [1.29, 1.82) is 0 Å². The van der Waals surface area contributed by atoms with E-state index in [-0.39, 0.29) is 43.0 Å². The first-order chi connectivity index (χ1) is 14.6. The van der Waals surface area contributed by atoms with Gasteiger partial charge in [-0.25, -0.2) is 9.78 Å². The molecule has 0 fully saturated rings. The van der Waals surface area contributed by atoms with Crippen molar-refractivity contribution in [2.24, 2.45) is 22.2 Å². The van der Waals surface area contributed by atoms with Crippen molar-refractivity contribution in [3.05, 3.63) is 16.6 Å². The largest absolute Gasteiger partial charge is 0.396 e. The summed E-state index contributed by atoms with van der Waals surface area (Å²) in [6.45, 7) is 0.202. The Morgan fingerprint density at radius 2 is 2.00 bits per heavy atom. The molecular weight excluding hydrogens is 410 g/mol. The molecule has 0 saturated heterocycles. The van der Waals surface area contributed by atoms with E-state index >= 15 is 0 Å². The molecule has 0 radical (unpaired) electrons. The Labute approximate surface area is 178 Å². The van der Waals surface area contributed by atoms with Crippen molar-refractivity contribution in [3.63, 3.8) is 0 Å². The third-order valence-electron chi connectivity index (χ3n) is 4.11. The van der Waals surface area contributed by atoms with Crippen LogP contribution in [0, 0.1) is 0 Å². The number of aliphatic hydroxyl groups excluding tert-OH is 1. The van der Waals surface area contributed by atoms with Crippen LogP contribution in [0.4, 0.5) is 16.4 Å². The lowest BCUT2D eigenvalue weighted by atomic mass is 10.1. The molecule has 1 atom stereocenters. The molecule has 0 bridgehead atoms. The normalized spacial score (nSPS) is 11.3. The van der Waals surface area contributed by atoms with Crippen LogP contribution in [0.3, 0.4) is 0 Å². The van der Waals surface area contributed by atoms with Crippen LogP contribution in [0.2, 0.25) is 0 Å². The highest BCUT2D eigenvalue weighted by Gasteiger charge is 2.21. The number of hydrogen-bond donors (Lipinski definition) is 7. The molecule has 0 aliphatic heterocycles. The number of nitrogens with one attached hydrogen (secondary N) is 3. The van der Waals surface area contributed by atoms with Gasteiger partial charge in [-0.3, -0.25) is 29.7 Å². The second-order valence-corrected chi connectivity index (χ2v) is 6.63. The number of primary amides is 1. The van der Waals surface area contributed by atoms with Crippen molar-refractivity contribution < 1.29 is 19.5 Å². The summed E-state index contributed by atoms with van der Waals surface area (Å²) in [5, 5.41) is 13.7. The van der Waals surface area contributed by atoms with Gasteiger partial charge in [-0.05, 0) is 19.3 Å². The number of nitrogens with two attached hydrogens (primary N) is 3. The Bertz CT molecular complexity index is 851. The van der Waals surface area contributed by atoms with E-state index in [0.717, 1.165) is 11.1 Å². The van der Waals surface area contributed by atoms with E-state index < -0.39 is 23.5 Å². The Morgan fingerprint density at radius 3 is 2.58 bits per heavy atom. The summed E-state index contributed by atoms with van der Waals surface area (Å²) in [4.78, 5) is 58.9. The maximum Gasteiger partial charge on any atom is 0.318 e. The second-order valence-electron chi connectivity index (χ2n) is 6.63. The SMILES string of the molecule is CN(C(=O)C[C@H](CCCN=C(N)N)NC(=O)CCCO)c1cnc(NC(N)=O)[nH]c1=O. The zero-order valence-electron chi connectivity index (χ0n) is 17.3. The van der Waals surface area contributed by atoms with Gasteiger partial charge in [0.05, 0.1) is 6.20 Å². The molecule has 0 aliphatic rings. The number of carbonyl (C=O) groups excluding carboxylic acids is 3. The number of hydrogen-bond acceptors (Lipinski definition) is 7. The van der Waals surface area contributed by atoms with E-state index in [1.165, 1.54) is 7.05 Å².